The number of aryl methyl sites for hydroxylation is 2. The molecule has 0 bridgehead atoms. The van der Waals surface area contributed by atoms with E-state index in [-0.39, 0.29) is 6.54 Å². The zero-order valence-corrected chi connectivity index (χ0v) is 7.16. The summed E-state index contributed by atoms with van der Waals surface area (Å²) in [5.74, 6) is 1.33. The molecule has 1 N–H and O–H groups in total. The predicted octanol–water partition coefficient (Wildman–Crippen LogP) is 0.225. The van der Waals surface area contributed by atoms with Crippen LogP contribution < -0.4 is 0 Å². The Labute approximate surface area is 70.0 Å². The summed E-state index contributed by atoms with van der Waals surface area (Å²) in [6.07, 6.45) is -0.982. The minimum absolute atomic E-state index is 0.170. The number of aliphatic hydroxyl groups excluding tert-OH is 1. The smallest absolute Gasteiger partial charge is 0.147 e. The normalized spacial score (nSPS) is 13.3. The van der Waals surface area contributed by atoms with Crippen molar-refractivity contribution >= 4 is 0 Å². The van der Waals surface area contributed by atoms with Crippen molar-refractivity contribution in [3.05, 3.63) is 11.6 Å². The molecular formula is C7H12FN3O. The van der Waals surface area contributed by atoms with Gasteiger partial charge < -0.3 is 5.11 Å². The van der Waals surface area contributed by atoms with Gasteiger partial charge in [-0.2, -0.15) is 5.10 Å². The van der Waals surface area contributed by atoms with E-state index in [0.717, 1.165) is 0 Å². The molecule has 0 saturated carbocycles. The zero-order valence-electron chi connectivity index (χ0n) is 7.16. The van der Waals surface area contributed by atoms with Crippen LogP contribution in [0, 0.1) is 13.8 Å². The van der Waals surface area contributed by atoms with Gasteiger partial charge in [-0.15, -0.1) is 0 Å². The average Bonchev–Trinajstić information content (AvgIpc) is 2.30. The van der Waals surface area contributed by atoms with Crippen LogP contribution in [0.25, 0.3) is 0 Å². The molecule has 4 nitrogen and oxygen atoms in total. The summed E-state index contributed by atoms with van der Waals surface area (Å²) in [6.45, 7) is 2.94. The molecule has 5 heteroatoms. The van der Waals surface area contributed by atoms with Gasteiger partial charge in [-0.25, -0.2) is 14.1 Å². The van der Waals surface area contributed by atoms with Gasteiger partial charge in [0.25, 0.3) is 0 Å². The van der Waals surface area contributed by atoms with Gasteiger partial charge >= 0.3 is 0 Å². The van der Waals surface area contributed by atoms with E-state index < -0.39 is 12.8 Å². The maximum atomic E-state index is 11.9. The Morgan fingerprint density at radius 3 is 2.67 bits per heavy atom. The molecule has 0 spiro atoms. The van der Waals surface area contributed by atoms with Crippen molar-refractivity contribution in [2.75, 3.05) is 6.67 Å². The average molecular weight is 173 g/mol. The van der Waals surface area contributed by atoms with Crippen LogP contribution in [0.2, 0.25) is 0 Å². The molecule has 68 valence electrons. The summed E-state index contributed by atoms with van der Waals surface area (Å²) in [5, 5.41) is 13.0. The number of hydrogen-bond acceptors (Lipinski definition) is 3. The highest BCUT2D eigenvalue weighted by atomic mass is 19.1. The van der Waals surface area contributed by atoms with E-state index in [1.165, 1.54) is 4.68 Å². The molecule has 12 heavy (non-hydrogen) atoms. The highest BCUT2D eigenvalue weighted by Gasteiger charge is 2.08. The van der Waals surface area contributed by atoms with Crippen LogP contribution >= 0.6 is 0 Å². The third-order valence-corrected chi connectivity index (χ3v) is 1.52. The number of aliphatic hydroxyl groups is 1. The molecule has 1 unspecified atom stereocenters. The Morgan fingerprint density at radius 1 is 1.58 bits per heavy atom. The van der Waals surface area contributed by atoms with E-state index in [1.807, 2.05) is 0 Å². The van der Waals surface area contributed by atoms with Gasteiger partial charge in [0, 0.05) is 0 Å². The maximum Gasteiger partial charge on any atom is 0.147 e. The van der Waals surface area contributed by atoms with Crippen molar-refractivity contribution in [1.29, 1.82) is 0 Å². The Morgan fingerprint density at radius 2 is 2.25 bits per heavy atom. The highest BCUT2D eigenvalue weighted by Crippen LogP contribution is 1.98. The number of nitrogens with zero attached hydrogens (tertiary/aromatic N) is 3. The quantitative estimate of drug-likeness (QED) is 0.711. The van der Waals surface area contributed by atoms with E-state index in [1.54, 1.807) is 13.8 Å². The SMILES string of the molecule is Cc1nc(C)n(CC(O)CF)n1. The fourth-order valence-corrected chi connectivity index (χ4v) is 0.983. The van der Waals surface area contributed by atoms with Gasteiger partial charge in [-0.05, 0) is 13.8 Å². The summed E-state index contributed by atoms with van der Waals surface area (Å²) in [6, 6.07) is 0. The third-order valence-electron chi connectivity index (χ3n) is 1.52. The summed E-state index contributed by atoms with van der Waals surface area (Å²) < 4.78 is 13.4. The Bertz CT molecular complexity index is 261. The molecule has 1 heterocycles. The van der Waals surface area contributed by atoms with Crippen LogP contribution in [0.5, 0.6) is 0 Å². The predicted molar refractivity (Wildman–Crippen MR) is 41.5 cm³/mol. The van der Waals surface area contributed by atoms with Gasteiger partial charge in [-0.1, -0.05) is 0 Å². The van der Waals surface area contributed by atoms with Crippen LogP contribution in [-0.4, -0.2) is 32.6 Å². The van der Waals surface area contributed by atoms with Gasteiger partial charge in [0.15, 0.2) is 0 Å². The van der Waals surface area contributed by atoms with E-state index in [9.17, 15) is 4.39 Å². The topological polar surface area (TPSA) is 50.9 Å². The lowest BCUT2D eigenvalue weighted by Gasteiger charge is -2.06. The van der Waals surface area contributed by atoms with Gasteiger partial charge in [0.05, 0.1) is 6.54 Å². The molecule has 0 aromatic carbocycles. The number of hydrogen-bond donors (Lipinski definition) is 1. The number of halogens is 1. The molecular weight excluding hydrogens is 161 g/mol. The fourth-order valence-electron chi connectivity index (χ4n) is 0.983. The minimum atomic E-state index is -0.982. The van der Waals surface area contributed by atoms with Crippen LogP contribution in [0.15, 0.2) is 0 Å². The molecule has 0 radical (unpaired) electrons. The first-order valence-corrected chi connectivity index (χ1v) is 3.75. The highest BCUT2D eigenvalue weighted by molar-refractivity contribution is 4.87. The second kappa shape index (κ2) is 3.62. The van der Waals surface area contributed by atoms with Gasteiger partial charge in [-0.3, -0.25) is 0 Å². The molecule has 1 atom stereocenters. The largest absolute Gasteiger partial charge is 0.388 e. The first kappa shape index (κ1) is 9.12. The fraction of sp³-hybridized carbons (Fsp3) is 0.714. The standard InChI is InChI=1S/C7H12FN3O/c1-5-9-6(2)11(10-5)4-7(12)3-8/h7,12H,3-4H2,1-2H3. The van der Waals surface area contributed by atoms with Gasteiger partial charge in [0.1, 0.15) is 24.4 Å². The van der Waals surface area contributed by atoms with E-state index >= 15 is 0 Å². The second-order valence-corrected chi connectivity index (χ2v) is 2.70. The first-order valence-electron chi connectivity index (χ1n) is 3.75. The molecule has 0 amide bonds. The number of rotatable bonds is 3. The van der Waals surface area contributed by atoms with Crippen LogP contribution in [0.4, 0.5) is 4.39 Å². The molecule has 0 aliphatic rings. The summed E-state index contributed by atoms with van der Waals surface area (Å²) >= 11 is 0. The lowest BCUT2D eigenvalue weighted by atomic mass is 10.4. The van der Waals surface area contributed by atoms with E-state index in [2.05, 4.69) is 10.1 Å². The molecule has 1 aromatic heterocycles. The van der Waals surface area contributed by atoms with Crippen molar-refractivity contribution in [2.45, 2.75) is 26.5 Å². The van der Waals surface area contributed by atoms with Crippen molar-refractivity contribution in [2.24, 2.45) is 0 Å². The molecule has 1 aromatic rings. The molecule has 0 saturated heterocycles. The lowest BCUT2D eigenvalue weighted by molar-refractivity contribution is 0.117. The second-order valence-electron chi connectivity index (χ2n) is 2.70. The summed E-state index contributed by atoms with van der Waals surface area (Å²) in [5.41, 5.74) is 0. The summed E-state index contributed by atoms with van der Waals surface area (Å²) in [4.78, 5) is 4.02. The van der Waals surface area contributed by atoms with Gasteiger partial charge in [0.2, 0.25) is 0 Å². The minimum Gasteiger partial charge on any atom is -0.388 e. The number of aromatic nitrogens is 3. The lowest BCUT2D eigenvalue weighted by Crippen LogP contribution is -2.19. The Hall–Kier alpha value is -0.970. The Kier molecular flexibility index (Phi) is 2.75. The molecule has 0 fully saturated rings. The Balaban J connectivity index is 2.68. The van der Waals surface area contributed by atoms with Crippen molar-refractivity contribution in [3.8, 4) is 0 Å². The zero-order chi connectivity index (χ0) is 9.14. The first-order chi connectivity index (χ1) is 5.63. The number of alkyl halides is 1. The maximum absolute atomic E-state index is 11.9. The van der Waals surface area contributed by atoms with Crippen molar-refractivity contribution in [1.82, 2.24) is 14.8 Å². The van der Waals surface area contributed by atoms with Crippen LogP contribution in [0.3, 0.4) is 0 Å². The van der Waals surface area contributed by atoms with Crippen molar-refractivity contribution in [3.63, 3.8) is 0 Å². The molecule has 0 aliphatic heterocycles. The monoisotopic (exact) mass is 173 g/mol. The van der Waals surface area contributed by atoms with Crippen LogP contribution in [-0.2, 0) is 6.54 Å². The van der Waals surface area contributed by atoms with E-state index in [4.69, 9.17) is 5.11 Å². The third kappa shape index (κ3) is 2.01. The van der Waals surface area contributed by atoms with Crippen molar-refractivity contribution < 1.29 is 9.50 Å². The van der Waals surface area contributed by atoms with Crippen LogP contribution in [0.1, 0.15) is 11.6 Å². The molecule has 1 rings (SSSR count). The molecule has 0 aliphatic carbocycles. The summed E-state index contributed by atoms with van der Waals surface area (Å²) in [7, 11) is 0. The van der Waals surface area contributed by atoms with E-state index in [0.29, 0.717) is 11.6 Å².